The summed E-state index contributed by atoms with van der Waals surface area (Å²) in [5.74, 6) is 1.34. The van der Waals surface area contributed by atoms with Crippen LogP contribution in [-0.2, 0) is 11.3 Å². The number of rotatable bonds is 9. The maximum absolute atomic E-state index is 12.4. The van der Waals surface area contributed by atoms with Crippen molar-refractivity contribution >= 4 is 17.3 Å². The van der Waals surface area contributed by atoms with Crippen LogP contribution in [0.1, 0.15) is 5.56 Å². The van der Waals surface area contributed by atoms with E-state index < -0.39 is 4.92 Å². The molecule has 0 radical (unpaired) electrons. The Labute approximate surface area is 163 Å². The van der Waals surface area contributed by atoms with Crippen molar-refractivity contribution < 1.29 is 28.8 Å². The highest BCUT2D eigenvalue weighted by Gasteiger charge is 2.17. The molecule has 0 aromatic heterocycles. The van der Waals surface area contributed by atoms with Crippen LogP contribution in [0, 0.1) is 10.1 Å². The summed E-state index contributed by atoms with van der Waals surface area (Å²) in [6.45, 7) is 0.750. The number of quaternary nitrogens is 1. The molecule has 2 aromatic rings. The lowest BCUT2D eigenvalue weighted by Crippen LogP contribution is -3.08. The number of nitro groups is 1. The predicted octanol–water partition coefficient (Wildman–Crippen LogP) is 1.27. The minimum absolute atomic E-state index is 0.123. The summed E-state index contributed by atoms with van der Waals surface area (Å²) in [5.41, 5.74) is 1.12. The molecular weight excluding hydrogens is 366 g/mol. The monoisotopic (exact) mass is 390 g/mol. The van der Waals surface area contributed by atoms with Crippen LogP contribution in [0.2, 0.25) is 0 Å². The third-order valence-electron chi connectivity index (χ3n) is 4.08. The third-order valence-corrected chi connectivity index (χ3v) is 4.08. The van der Waals surface area contributed by atoms with Crippen LogP contribution in [0.15, 0.2) is 36.4 Å². The van der Waals surface area contributed by atoms with E-state index in [-0.39, 0.29) is 23.8 Å². The average Bonchev–Trinajstić information content (AvgIpc) is 2.67. The molecule has 150 valence electrons. The summed E-state index contributed by atoms with van der Waals surface area (Å²) >= 11 is 0. The quantitative estimate of drug-likeness (QED) is 0.494. The molecule has 0 aliphatic rings. The highest BCUT2D eigenvalue weighted by atomic mass is 16.6. The molecule has 0 spiro atoms. The number of carbonyl (C=O) groups is 1. The van der Waals surface area contributed by atoms with Gasteiger partial charge in [0.25, 0.3) is 11.6 Å². The Bertz CT molecular complexity index is 856. The summed E-state index contributed by atoms with van der Waals surface area (Å²) in [4.78, 5) is 23.7. The Kier molecular flexibility index (Phi) is 7.16. The van der Waals surface area contributed by atoms with Gasteiger partial charge in [-0.05, 0) is 24.3 Å². The number of ether oxygens (including phenoxy) is 3. The largest absolute Gasteiger partial charge is 0.495 e. The molecule has 2 N–H and O–H groups in total. The maximum Gasteiger partial charge on any atom is 0.279 e. The van der Waals surface area contributed by atoms with Gasteiger partial charge in [-0.15, -0.1) is 0 Å². The molecule has 0 aliphatic heterocycles. The van der Waals surface area contributed by atoms with Gasteiger partial charge in [-0.25, -0.2) is 0 Å². The number of methoxy groups -OCH3 is 3. The number of nitrogens with zero attached hydrogens (tertiary/aromatic N) is 1. The van der Waals surface area contributed by atoms with Gasteiger partial charge in [0.05, 0.1) is 39.0 Å². The number of benzene rings is 2. The van der Waals surface area contributed by atoms with Crippen molar-refractivity contribution in [2.24, 2.45) is 0 Å². The van der Waals surface area contributed by atoms with Gasteiger partial charge < -0.3 is 24.4 Å². The molecule has 1 atom stereocenters. The van der Waals surface area contributed by atoms with Gasteiger partial charge in [0.15, 0.2) is 18.0 Å². The van der Waals surface area contributed by atoms with Crippen molar-refractivity contribution in [3.63, 3.8) is 0 Å². The number of amides is 1. The van der Waals surface area contributed by atoms with E-state index in [1.54, 1.807) is 14.2 Å². The lowest BCUT2D eigenvalue weighted by atomic mass is 10.2. The summed E-state index contributed by atoms with van der Waals surface area (Å²) in [5, 5.41) is 13.6. The van der Waals surface area contributed by atoms with Gasteiger partial charge in [-0.1, -0.05) is 0 Å². The van der Waals surface area contributed by atoms with Crippen molar-refractivity contribution in [3.05, 3.63) is 52.1 Å². The maximum atomic E-state index is 12.4. The molecule has 9 nitrogen and oxygen atoms in total. The Morgan fingerprint density at radius 2 is 1.68 bits per heavy atom. The summed E-state index contributed by atoms with van der Waals surface area (Å²) < 4.78 is 15.7. The summed E-state index contributed by atoms with van der Waals surface area (Å²) in [7, 11) is 6.45. The Balaban J connectivity index is 2.03. The lowest BCUT2D eigenvalue weighted by Gasteiger charge is -2.16. The zero-order valence-electron chi connectivity index (χ0n) is 16.3. The highest BCUT2D eigenvalue weighted by Crippen LogP contribution is 2.29. The molecule has 2 aromatic carbocycles. The zero-order valence-corrected chi connectivity index (χ0v) is 16.3. The second-order valence-electron chi connectivity index (χ2n) is 6.19. The normalized spacial score (nSPS) is 11.4. The van der Waals surface area contributed by atoms with Crippen molar-refractivity contribution in [3.8, 4) is 17.2 Å². The second-order valence-corrected chi connectivity index (χ2v) is 6.19. The van der Waals surface area contributed by atoms with E-state index in [0.29, 0.717) is 23.8 Å². The third kappa shape index (κ3) is 5.34. The molecule has 1 amide bonds. The molecule has 0 saturated carbocycles. The van der Waals surface area contributed by atoms with E-state index >= 15 is 0 Å². The van der Waals surface area contributed by atoms with Crippen LogP contribution in [0.4, 0.5) is 11.4 Å². The summed E-state index contributed by atoms with van der Waals surface area (Å²) in [6, 6.07) is 9.64. The van der Waals surface area contributed by atoms with Gasteiger partial charge in [-0.2, -0.15) is 0 Å². The van der Waals surface area contributed by atoms with Crippen LogP contribution in [-0.4, -0.2) is 45.8 Å². The van der Waals surface area contributed by atoms with E-state index in [2.05, 4.69) is 5.32 Å². The fraction of sp³-hybridized carbons (Fsp3) is 0.316. The van der Waals surface area contributed by atoms with Gasteiger partial charge in [0.1, 0.15) is 12.3 Å². The van der Waals surface area contributed by atoms with Crippen LogP contribution >= 0.6 is 0 Å². The van der Waals surface area contributed by atoms with E-state index in [4.69, 9.17) is 14.2 Å². The first-order valence-electron chi connectivity index (χ1n) is 8.52. The van der Waals surface area contributed by atoms with Gasteiger partial charge in [0.2, 0.25) is 0 Å². The van der Waals surface area contributed by atoms with Crippen LogP contribution < -0.4 is 24.4 Å². The Morgan fingerprint density at radius 3 is 2.29 bits per heavy atom. The predicted molar refractivity (Wildman–Crippen MR) is 103 cm³/mol. The highest BCUT2D eigenvalue weighted by molar-refractivity contribution is 5.93. The van der Waals surface area contributed by atoms with E-state index in [0.717, 1.165) is 10.5 Å². The molecule has 28 heavy (non-hydrogen) atoms. The number of likely N-dealkylation sites (N-methyl/N-ethyl adjacent to an activating group) is 1. The summed E-state index contributed by atoms with van der Waals surface area (Å²) in [6.07, 6.45) is 0. The number of carbonyl (C=O) groups excluding carboxylic acids is 1. The average molecular weight is 390 g/mol. The molecule has 1 unspecified atom stereocenters. The fourth-order valence-corrected chi connectivity index (χ4v) is 2.78. The van der Waals surface area contributed by atoms with Crippen molar-refractivity contribution in [2.75, 3.05) is 40.2 Å². The smallest absolute Gasteiger partial charge is 0.279 e. The molecule has 9 heteroatoms. The molecule has 0 fully saturated rings. The molecule has 0 saturated heterocycles. The van der Waals surface area contributed by atoms with E-state index in [1.165, 1.54) is 25.3 Å². The van der Waals surface area contributed by atoms with Crippen LogP contribution in [0.3, 0.4) is 0 Å². The van der Waals surface area contributed by atoms with Crippen LogP contribution in [0.25, 0.3) is 0 Å². The van der Waals surface area contributed by atoms with E-state index in [1.807, 2.05) is 25.2 Å². The van der Waals surface area contributed by atoms with Crippen molar-refractivity contribution in [1.82, 2.24) is 0 Å². The topological polar surface area (TPSA) is 104 Å². The number of hydrogen-bond donors (Lipinski definition) is 2. The van der Waals surface area contributed by atoms with E-state index in [9.17, 15) is 14.9 Å². The minimum Gasteiger partial charge on any atom is -0.495 e. The zero-order chi connectivity index (χ0) is 20.7. The number of nitro benzene ring substituents is 1. The van der Waals surface area contributed by atoms with Gasteiger partial charge >= 0.3 is 0 Å². The number of anilines is 1. The number of nitrogens with one attached hydrogen (secondary N) is 2. The first-order valence-corrected chi connectivity index (χ1v) is 8.52. The van der Waals surface area contributed by atoms with Gasteiger partial charge in [0, 0.05) is 17.7 Å². The lowest BCUT2D eigenvalue weighted by molar-refractivity contribution is -0.885. The Morgan fingerprint density at radius 1 is 1.04 bits per heavy atom. The minimum atomic E-state index is -0.524. The number of non-ortho nitro benzene ring substituents is 1. The molecule has 0 heterocycles. The van der Waals surface area contributed by atoms with Crippen molar-refractivity contribution in [2.45, 2.75) is 6.54 Å². The number of hydrogen-bond acceptors (Lipinski definition) is 6. The van der Waals surface area contributed by atoms with Crippen molar-refractivity contribution in [1.29, 1.82) is 0 Å². The Hall–Kier alpha value is -3.33. The molecule has 0 aliphatic carbocycles. The SMILES string of the molecule is COc1ccc([N+](=O)[O-])cc1NC(=O)C[NH+](C)Cc1ccc(OC)c(OC)c1. The molecule has 2 rings (SSSR count). The second kappa shape index (κ2) is 9.56. The molecular formula is C19H24N3O6+. The van der Waals surface area contributed by atoms with Crippen LogP contribution in [0.5, 0.6) is 17.2 Å². The fourth-order valence-electron chi connectivity index (χ4n) is 2.78. The standard InChI is InChI=1S/C19H23N3O6/c1-21(11-13-5-7-17(27-3)18(9-13)28-4)12-19(23)20-15-10-14(22(24)25)6-8-16(15)26-2/h5-10H,11-12H2,1-4H3,(H,20,23)/p+1. The first kappa shape index (κ1) is 21.0. The molecule has 0 bridgehead atoms. The first-order chi connectivity index (χ1) is 13.4. The van der Waals surface area contributed by atoms with Gasteiger partial charge in [-0.3, -0.25) is 14.9 Å².